The van der Waals surface area contributed by atoms with Crippen LogP contribution < -0.4 is 0 Å². The summed E-state index contributed by atoms with van der Waals surface area (Å²) >= 11 is 0. The van der Waals surface area contributed by atoms with E-state index in [4.69, 9.17) is 5.11 Å². The van der Waals surface area contributed by atoms with Gasteiger partial charge in [0.25, 0.3) is 0 Å². The molecule has 0 aliphatic rings. The Morgan fingerprint density at radius 2 is 1.90 bits per heavy atom. The molecule has 62 valence electrons. The molecule has 0 bridgehead atoms. The summed E-state index contributed by atoms with van der Waals surface area (Å²) in [6.07, 6.45) is 2.34. The highest BCUT2D eigenvalue weighted by Crippen LogP contribution is 2.11. The summed E-state index contributed by atoms with van der Waals surface area (Å²) in [6.45, 7) is 4.13. The van der Waals surface area contributed by atoms with Crippen molar-refractivity contribution in [3.05, 3.63) is 0 Å². The van der Waals surface area contributed by atoms with Crippen molar-refractivity contribution in [3.8, 4) is 0 Å². The summed E-state index contributed by atoms with van der Waals surface area (Å²) < 4.78 is 0. The average molecular weight is 146 g/mol. The van der Waals surface area contributed by atoms with Crippen LogP contribution in [0.15, 0.2) is 0 Å². The molecule has 0 radical (unpaired) electrons. The molecular weight excluding hydrogens is 128 g/mol. The van der Waals surface area contributed by atoms with E-state index in [0.29, 0.717) is 0 Å². The lowest BCUT2D eigenvalue weighted by Crippen LogP contribution is -2.22. The van der Waals surface area contributed by atoms with E-state index >= 15 is 0 Å². The lowest BCUT2D eigenvalue weighted by Gasteiger charge is -2.17. The van der Waals surface area contributed by atoms with E-state index in [1.54, 1.807) is 0 Å². The molecule has 2 atom stereocenters. The zero-order valence-corrected chi connectivity index (χ0v) is 6.88. The normalized spacial score (nSPS) is 16.8. The first-order valence-corrected chi connectivity index (χ1v) is 4.05. The molecular formula is C8H18O2. The average Bonchev–Trinajstić information content (AvgIpc) is 1.91. The van der Waals surface area contributed by atoms with E-state index in [-0.39, 0.29) is 18.6 Å². The van der Waals surface area contributed by atoms with Crippen LogP contribution in [0.1, 0.15) is 33.1 Å². The van der Waals surface area contributed by atoms with Gasteiger partial charge in [0, 0.05) is 12.5 Å². The summed E-state index contributed by atoms with van der Waals surface area (Å²) in [5, 5.41) is 18.1. The minimum atomic E-state index is -0.306. The maximum Gasteiger partial charge on any atom is 0.0590 e. The van der Waals surface area contributed by atoms with Crippen LogP contribution in [0.4, 0.5) is 0 Å². The van der Waals surface area contributed by atoms with Crippen LogP contribution in [-0.4, -0.2) is 22.9 Å². The van der Waals surface area contributed by atoms with Crippen molar-refractivity contribution in [2.75, 3.05) is 6.61 Å². The maximum absolute atomic E-state index is 9.35. The molecule has 0 unspecified atom stereocenters. The zero-order chi connectivity index (χ0) is 7.98. The lowest BCUT2D eigenvalue weighted by molar-refractivity contribution is 0.0584. The van der Waals surface area contributed by atoms with E-state index in [1.165, 1.54) is 0 Å². The standard InChI is InChI=1S/C8H18O2/c1-3-5-8(10)7(4-2)6-9/h7-10H,3-6H2,1-2H3/t7-,8-/m0/s1. The van der Waals surface area contributed by atoms with Crippen LogP contribution in [-0.2, 0) is 0 Å². The van der Waals surface area contributed by atoms with Gasteiger partial charge in [-0.25, -0.2) is 0 Å². The van der Waals surface area contributed by atoms with Crippen molar-refractivity contribution in [2.45, 2.75) is 39.2 Å². The molecule has 0 aliphatic carbocycles. The van der Waals surface area contributed by atoms with Gasteiger partial charge in [0.05, 0.1) is 6.10 Å². The monoisotopic (exact) mass is 146 g/mol. The van der Waals surface area contributed by atoms with Crippen LogP contribution >= 0.6 is 0 Å². The molecule has 0 spiro atoms. The summed E-state index contributed by atoms with van der Waals surface area (Å²) in [7, 11) is 0. The number of hydrogen-bond donors (Lipinski definition) is 2. The van der Waals surface area contributed by atoms with E-state index in [2.05, 4.69) is 0 Å². The maximum atomic E-state index is 9.35. The molecule has 0 aromatic carbocycles. The van der Waals surface area contributed by atoms with Gasteiger partial charge in [0.15, 0.2) is 0 Å². The van der Waals surface area contributed by atoms with E-state index in [9.17, 15) is 5.11 Å². The first-order chi connectivity index (χ1) is 4.76. The second-order valence-electron chi connectivity index (χ2n) is 2.71. The van der Waals surface area contributed by atoms with E-state index in [1.807, 2.05) is 13.8 Å². The quantitative estimate of drug-likeness (QED) is 0.611. The van der Waals surface area contributed by atoms with Crippen LogP contribution in [0, 0.1) is 5.92 Å². The molecule has 10 heavy (non-hydrogen) atoms. The van der Waals surface area contributed by atoms with Gasteiger partial charge < -0.3 is 10.2 Å². The molecule has 0 fully saturated rings. The Labute approximate surface area is 62.9 Å². The number of aliphatic hydroxyl groups excluding tert-OH is 2. The van der Waals surface area contributed by atoms with Gasteiger partial charge in [-0.05, 0) is 12.8 Å². The van der Waals surface area contributed by atoms with Gasteiger partial charge in [-0.15, -0.1) is 0 Å². The molecule has 0 saturated carbocycles. The Morgan fingerprint density at radius 1 is 1.30 bits per heavy atom. The third kappa shape index (κ3) is 3.18. The number of hydrogen-bond acceptors (Lipinski definition) is 2. The third-order valence-corrected chi connectivity index (χ3v) is 1.89. The molecule has 0 aromatic heterocycles. The number of rotatable bonds is 5. The van der Waals surface area contributed by atoms with E-state index in [0.717, 1.165) is 19.3 Å². The summed E-state index contributed by atoms with van der Waals surface area (Å²) in [5.41, 5.74) is 0. The molecule has 2 N–H and O–H groups in total. The van der Waals surface area contributed by atoms with Crippen molar-refractivity contribution >= 4 is 0 Å². The Bertz CT molecular complexity index is 69.7. The smallest absolute Gasteiger partial charge is 0.0590 e. The fourth-order valence-corrected chi connectivity index (χ4v) is 1.05. The first kappa shape index (κ1) is 9.92. The van der Waals surface area contributed by atoms with Crippen molar-refractivity contribution in [1.82, 2.24) is 0 Å². The van der Waals surface area contributed by atoms with Crippen molar-refractivity contribution < 1.29 is 10.2 Å². The fourth-order valence-electron chi connectivity index (χ4n) is 1.05. The molecule has 0 aliphatic heterocycles. The van der Waals surface area contributed by atoms with Crippen LogP contribution in [0.25, 0.3) is 0 Å². The summed E-state index contributed by atoms with van der Waals surface area (Å²) in [6, 6.07) is 0. The van der Waals surface area contributed by atoms with Gasteiger partial charge in [0.2, 0.25) is 0 Å². The minimum Gasteiger partial charge on any atom is -0.396 e. The molecule has 0 amide bonds. The SMILES string of the molecule is CCC[C@H](O)[C@@H](CC)CO. The zero-order valence-electron chi connectivity index (χ0n) is 6.88. The largest absolute Gasteiger partial charge is 0.396 e. The highest BCUT2D eigenvalue weighted by molar-refractivity contribution is 4.65. The molecule has 0 rings (SSSR count). The van der Waals surface area contributed by atoms with Crippen molar-refractivity contribution in [2.24, 2.45) is 5.92 Å². The molecule has 2 nitrogen and oxygen atoms in total. The first-order valence-electron chi connectivity index (χ1n) is 4.05. The highest BCUT2D eigenvalue weighted by Gasteiger charge is 2.14. The molecule has 0 heterocycles. The predicted molar refractivity (Wildman–Crippen MR) is 41.8 cm³/mol. The van der Waals surface area contributed by atoms with Gasteiger partial charge in [0.1, 0.15) is 0 Å². The van der Waals surface area contributed by atoms with E-state index < -0.39 is 0 Å². The lowest BCUT2D eigenvalue weighted by atomic mass is 9.97. The van der Waals surface area contributed by atoms with Crippen LogP contribution in [0.5, 0.6) is 0 Å². The van der Waals surface area contributed by atoms with Gasteiger partial charge in [-0.2, -0.15) is 0 Å². The van der Waals surface area contributed by atoms with Crippen molar-refractivity contribution in [1.29, 1.82) is 0 Å². The summed E-state index contributed by atoms with van der Waals surface area (Å²) in [5.74, 6) is 0.0833. The van der Waals surface area contributed by atoms with Gasteiger partial charge in [-0.1, -0.05) is 20.3 Å². The Balaban J connectivity index is 3.53. The Kier molecular flexibility index (Phi) is 5.64. The predicted octanol–water partition coefficient (Wildman–Crippen LogP) is 1.17. The molecule has 0 saturated heterocycles. The molecule has 2 heteroatoms. The summed E-state index contributed by atoms with van der Waals surface area (Å²) in [4.78, 5) is 0. The third-order valence-electron chi connectivity index (χ3n) is 1.89. The molecule has 0 aromatic rings. The van der Waals surface area contributed by atoms with Crippen molar-refractivity contribution in [3.63, 3.8) is 0 Å². The highest BCUT2D eigenvalue weighted by atomic mass is 16.3. The number of aliphatic hydroxyl groups is 2. The van der Waals surface area contributed by atoms with Gasteiger partial charge in [-0.3, -0.25) is 0 Å². The van der Waals surface area contributed by atoms with Crippen LogP contribution in [0.2, 0.25) is 0 Å². The Morgan fingerprint density at radius 3 is 2.20 bits per heavy atom. The second kappa shape index (κ2) is 5.69. The Hall–Kier alpha value is -0.0800. The minimum absolute atomic E-state index is 0.0833. The van der Waals surface area contributed by atoms with Crippen LogP contribution in [0.3, 0.4) is 0 Å². The topological polar surface area (TPSA) is 40.5 Å². The van der Waals surface area contributed by atoms with Gasteiger partial charge >= 0.3 is 0 Å². The fraction of sp³-hybridized carbons (Fsp3) is 1.00. The second-order valence-corrected chi connectivity index (χ2v) is 2.71.